The Hall–Kier alpha value is -3.04. The van der Waals surface area contributed by atoms with E-state index in [-0.39, 0.29) is 10.6 Å². The Morgan fingerprint density at radius 2 is 1.79 bits per heavy atom. The second-order valence-electron chi connectivity index (χ2n) is 6.38. The summed E-state index contributed by atoms with van der Waals surface area (Å²) < 4.78 is 27.1. The molecule has 0 radical (unpaired) electrons. The normalized spacial score (nSPS) is 11.6. The molecule has 0 unspecified atom stereocenters. The topological polar surface area (TPSA) is 97.2 Å². The molecule has 0 bridgehead atoms. The predicted octanol–water partition coefficient (Wildman–Crippen LogP) is 2.86. The van der Waals surface area contributed by atoms with Crippen molar-refractivity contribution in [2.24, 2.45) is 0 Å². The minimum absolute atomic E-state index is 0.127. The van der Waals surface area contributed by atoms with E-state index >= 15 is 0 Å². The molecule has 1 N–H and O–H groups in total. The highest BCUT2D eigenvalue weighted by Crippen LogP contribution is 2.24. The third-order valence-corrected chi connectivity index (χ3v) is 6.67. The number of benzene rings is 2. The molecule has 0 saturated carbocycles. The van der Waals surface area contributed by atoms with Crippen molar-refractivity contribution in [3.63, 3.8) is 0 Å². The quantitative estimate of drug-likeness (QED) is 0.642. The number of amides is 1. The van der Waals surface area contributed by atoms with Crippen molar-refractivity contribution in [3.8, 4) is 5.69 Å². The standard InChI is InChI=1S/C20H23N5O3S/c1-4-24(5-2)29(27,28)19-13-16(12-11-15(19)3)22-20(26)18-14-21-25(23-18)17-9-7-6-8-10-17/h6-14H,4-5H2,1-3H3,(H,22,26). The van der Waals surface area contributed by atoms with Crippen LogP contribution in [-0.2, 0) is 10.0 Å². The minimum atomic E-state index is -3.64. The molecule has 0 atom stereocenters. The van der Waals surface area contributed by atoms with Crippen molar-refractivity contribution in [1.29, 1.82) is 0 Å². The van der Waals surface area contributed by atoms with Crippen molar-refractivity contribution < 1.29 is 13.2 Å². The van der Waals surface area contributed by atoms with Gasteiger partial charge in [0.25, 0.3) is 5.91 Å². The Morgan fingerprint density at radius 1 is 1.10 bits per heavy atom. The molecule has 0 aliphatic carbocycles. The second-order valence-corrected chi connectivity index (χ2v) is 8.28. The highest BCUT2D eigenvalue weighted by Gasteiger charge is 2.24. The van der Waals surface area contributed by atoms with Crippen LogP contribution in [-0.4, -0.2) is 46.7 Å². The molecular formula is C20H23N5O3S. The molecule has 29 heavy (non-hydrogen) atoms. The molecule has 0 saturated heterocycles. The van der Waals surface area contributed by atoms with E-state index in [1.807, 2.05) is 30.3 Å². The summed E-state index contributed by atoms with van der Waals surface area (Å²) in [5, 5.41) is 11.0. The number of para-hydroxylation sites is 1. The average molecular weight is 414 g/mol. The molecule has 0 fully saturated rings. The fourth-order valence-corrected chi connectivity index (χ4v) is 4.62. The summed E-state index contributed by atoms with van der Waals surface area (Å²) in [7, 11) is -3.64. The minimum Gasteiger partial charge on any atom is -0.321 e. The Bertz CT molecular complexity index is 1110. The van der Waals surface area contributed by atoms with E-state index in [4.69, 9.17) is 0 Å². The highest BCUT2D eigenvalue weighted by atomic mass is 32.2. The maximum Gasteiger partial charge on any atom is 0.277 e. The molecule has 0 aliphatic rings. The number of nitrogens with one attached hydrogen (secondary N) is 1. The van der Waals surface area contributed by atoms with Gasteiger partial charge in [-0.1, -0.05) is 38.1 Å². The second kappa shape index (κ2) is 8.54. The fourth-order valence-electron chi connectivity index (χ4n) is 2.91. The summed E-state index contributed by atoms with van der Waals surface area (Å²) in [5.41, 5.74) is 1.85. The molecule has 0 spiro atoms. The zero-order chi connectivity index (χ0) is 21.0. The van der Waals surface area contributed by atoms with E-state index in [0.717, 1.165) is 5.69 Å². The summed E-state index contributed by atoms with van der Waals surface area (Å²) in [6.45, 7) is 6.05. The smallest absolute Gasteiger partial charge is 0.277 e. The molecule has 152 valence electrons. The third-order valence-electron chi connectivity index (χ3n) is 4.48. The van der Waals surface area contributed by atoms with Gasteiger partial charge in [0, 0.05) is 18.8 Å². The van der Waals surface area contributed by atoms with E-state index in [2.05, 4.69) is 15.5 Å². The Balaban J connectivity index is 1.84. The first-order valence-electron chi connectivity index (χ1n) is 9.26. The van der Waals surface area contributed by atoms with Gasteiger partial charge in [-0.3, -0.25) is 4.79 Å². The van der Waals surface area contributed by atoms with Crippen molar-refractivity contribution in [2.75, 3.05) is 18.4 Å². The molecule has 3 rings (SSSR count). The molecule has 2 aromatic carbocycles. The number of carbonyl (C=O) groups is 1. The summed E-state index contributed by atoms with van der Waals surface area (Å²) in [6, 6.07) is 14.0. The molecule has 1 amide bonds. The summed E-state index contributed by atoms with van der Waals surface area (Å²) in [4.78, 5) is 14.1. The lowest BCUT2D eigenvalue weighted by atomic mass is 10.2. The Morgan fingerprint density at radius 3 is 2.45 bits per heavy atom. The third kappa shape index (κ3) is 4.36. The van der Waals surface area contributed by atoms with E-state index in [1.54, 1.807) is 32.9 Å². The lowest BCUT2D eigenvalue weighted by Crippen LogP contribution is -2.31. The van der Waals surface area contributed by atoms with Crippen molar-refractivity contribution in [1.82, 2.24) is 19.3 Å². The van der Waals surface area contributed by atoms with Crippen LogP contribution in [0, 0.1) is 6.92 Å². The zero-order valence-corrected chi connectivity index (χ0v) is 17.3. The molecule has 1 heterocycles. The van der Waals surface area contributed by atoms with Crippen LogP contribution >= 0.6 is 0 Å². The van der Waals surface area contributed by atoms with Gasteiger partial charge in [0.05, 0.1) is 16.8 Å². The number of anilines is 1. The lowest BCUT2D eigenvalue weighted by Gasteiger charge is -2.20. The predicted molar refractivity (Wildman–Crippen MR) is 111 cm³/mol. The van der Waals surface area contributed by atoms with Gasteiger partial charge < -0.3 is 5.32 Å². The number of nitrogens with zero attached hydrogens (tertiary/aromatic N) is 4. The van der Waals surface area contributed by atoms with E-state index in [1.165, 1.54) is 21.4 Å². The van der Waals surface area contributed by atoms with Gasteiger partial charge in [0.1, 0.15) is 0 Å². The number of aromatic nitrogens is 3. The van der Waals surface area contributed by atoms with Gasteiger partial charge in [-0.15, -0.1) is 5.10 Å². The van der Waals surface area contributed by atoms with E-state index in [0.29, 0.717) is 24.3 Å². The Labute approximate surface area is 170 Å². The number of sulfonamides is 1. The highest BCUT2D eigenvalue weighted by molar-refractivity contribution is 7.89. The van der Waals surface area contributed by atoms with Gasteiger partial charge in [-0.25, -0.2) is 8.42 Å². The van der Waals surface area contributed by atoms with Crippen LogP contribution < -0.4 is 5.32 Å². The fraction of sp³-hybridized carbons (Fsp3) is 0.250. The summed E-state index contributed by atoms with van der Waals surface area (Å²) >= 11 is 0. The number of hydrogen-bond acceptors (Lipinski definition) is 5. The Kier molecular flexibility index (Phi) is 6.09. The monoisotopic (exact) mass is 413 g/mol. The molecular weight excluding hydrogens is 390 g/mol. The maximum atomic E-state index is 12.9. The van der Waals surface area contributed by atoms with Crippen molar-refractivity contribution in [3.05, 3.63) is 66.0 Å². The van der Waals surface area contributed by atoms with Gasteiger partial charge in [-0.2, -0.15) is 14.2 Å². The SMILES string of the molecule is CCN(CC)S(=O)(=O)c1cc(NC(=O)c2cnn(-c3ccccc3)n2)ccc1C. The van der Waals surface area contributed by atoms with E-state index < -0.39 is 15.9 Å². The van der Waals surface area contributed by atoms with Crippen LogP contribution in [0.5, 0.6) is 0 Å². The van der Waals surface area contributed by atoms with Gasteiger partial charge in [0.2, 0.25) is 10.0 Å². The van der Waals surface area contributed by atoms with Gasteiger partial charge in [0.15, 0.2) is 5.69 Å². The van der Waals surface area contributed by atoms with Crippen LogP contribution in [0.2, 0.25) is 0 Å². The number of aryl methyl sites for hydroxylation is 1. The van der Waals surface area contributed by atoms with E-state index in [9.17, 15) is 13.2 Å². The van der Waals surface area contributed by atoms with Crippen LogP contribution in [0.4, 0.5) is 5.69 Å². The number of rotatable bonds is 7. The molecule has 3 aromatic rings. The first-order chi connectivity index (χ1) is 13.9. The van der Waals surface area contributed by atoms with Crippen molar-refractivity contribution in [2.45, 2.75) is 25.7 Å². The largest absolute Gasteiger partial charge is 0.321 e. The van der Waals surface area contributed by atoms with Crippen LogP contribution in [0.3, 0.4) is 0 Å². The number of carbonyl (C=O) groups excluding carboxylic acids is 1. The average Bonchev–Trinajstić information content (AvgIpc) is 3.21. The molecule has 1 aromatic heterocycles. The molecule has 8 nitrogen and oxygen atoms in total. The van der Waals surface area contributed by atoms with Gasteiger partial charge >= 0.3 is 0 Å². The van der Waals surface area contributed by atoms with Crippen LogP contribution in [0.1, 0.15) is 29.9 Å². The van der Waals surface area contributed by atoms with Crippen LogP contribution in [0.15, 0.2) is 59.6 Å². The lowest BCUT2D eigenvalue weighted by molar-refractivity contribution is 0.102. The summed E-state index contributed by atoms with van der Waals surface area (Å²) in [5.74, 6) is -0.470. The van der Waals surface area contributed by atoms with Crippen LogP contribution in [0.25, 0.3) is 5.69 Å². The molecule has 0 aliphatic heterocycles. The van der Waals surface area contributed by atoms with Gasteiger partial charge in [-0.05, 0) is 36.8 Å². The zero-order valence-electron chi connectivity index (χ0n) is 16.5. The summed E-state index contributed by atoms with van der Waals surface area (Å²) in [6.07, 6.45) is 1.37. The number of hydrogen-bond donors (Lipinski definition) is 1. The molecule has 9 heteroatoms. The first kappa shape index (κ1) is 20.7. The maximum absolute atomic E-state index is 12.9. The first-order valence-corrected chi connectivity index (χ1v) is 10.7. The van der Waals surface area contributed by atoms with Crippen molar-refractivity contribution >= 4 is 21.6 Å².